The molecule has 0 atom stereocenters. The van der Waals surface area contributed by atoms with Gasteiger partial charge >= 0.3 is 0 Å². The number of hydrogen-bond acceptors (Lipinski definition) is 1. The molecule has 0 amide bonds. The van der Waals surface area contributed by atoms with Gasteiger partial charge in [0.15, 0.2) is 0 Å². The first-order chi connectivity index (χ1) is 6.46. The highest BCUT2D eigenvalue weighted by atomic mass is 14.7. The Kier molecular flexibility index (Phi) is 3.30. The standard InChI is InChI=1S/C13H21N/c1-6-14-12-7-8-13(4,5)9-11(12)10(2)3/h6H,1,7-9H2,2-5H3. The SMILES string of the molecule is C=CN=C1CCC(C)(C)CC1=C(C)C. The van der Waals surface area contributed by atoms with E-state index < -0.39 is 0 Å². The minimum absolute atomic E-state index is 0.437. The predicted octanol–water partition coefficient (Wildman–Crippen LogP) is 4.12. The molecule has 1 aliphatic carbocycles. The van der Waals surface area contributed by atoms with Gasteiger partial charge in [0.2, 0.25) is 0 Å². The molecule has 0 aromatic rings. The summed E-state index contributed by atoms with van der Waals surface area (Å²) in [6.45, 7) is 12.7. The normalized spacial score (nSPS) is 23.7. The van der Waals surface area contributed by atoms with Crippen LogP contribution in [-0.2, 0) is 0 Å². The van der Waals surface area contributed by atoms with Crippen LogP contribution in [0.4, 0.5) is 0 Å². The average Bonchev–Trinajstić information content (AvgIpc) is 2.08. The van der Waals surface area contributed by atoms with Crippen molar-refractivity contribution in [2.45, 2.75) is 47.0 Å². The predicted molar refractivity (Wildman–Crippen MR) is 63.6 cm³/mol. The molecular weight excluding hydrogens is 170 g/mol. The lowest BCUT2D eigenvalue weighted by Crippen LogP contribution is -2.24. The molecule has 0 bridgehead atoms. The summed E-state index contributed by atoms with van der Waals surface area (Å²) < 4.78 is 0. The highest BCUT2D eigenvalue weighted by Crippen LogP contribution is 2.38. The number of aliphatic imine (C=N–C) groups is 1. The van der Waals surface area contributed by atoms with E-state index in [4.69, 9.17) is 0 Å². The van der Waals surface area contributed by atoms with Crippen molar-refractivity contribution in [1.29, 1.82) is 0 Å². The van der Waals surface area contributed by atoms with Crippen molar-refractivity contribution in [1.82, 2.24) is 0 Å². The second-order valence-corrected chi connectivity index (χ2v) is 5.08. The van der Waals surface area contributed by atoms with Gasteiger partial charge in [-0.2, -0.15) is 0 Å². The molecule has 0 N–H and O–H groups in total. The summed E-state index contributed by atoms with van der Waals surface area (Å²) in [7, 11) is 0. The summed E-state index contributed by atoms with van der Waals surface area (Å²) in [5, 5.41) is 0. The Balaban J connectivity index is 3.00. The van der Waals surface area contributed by atoms with Crippen LogP contribution in [0.15, 0.2) is 28.9 Å². The van der Waals surface area contributed by atoms with Crippen LogP contribution in [-0.4, -0.2) is 5.71 Å². The fourth-order valence-electron chi connectivity index (χ4n) is 1.99. The highest BCUT2D eigenvalue weighted by molar-refractivity contribution is 6.01. The van der Waals surface area contributed by atoms with E-state index in [1.54, 1.807) is 6.20 Å². The number of nitrogens with zero attached hydrogens (tertiary/aromatic N) is 1. The fraction of sp³-hybridized carbons (Fsp3) is 0.615. The number of hydrogen-bond donors (Lipinski definition) is 0. The lowest BCUT2D eigenvalue weighted by Gasteiger charge is -2.33. The van der Waals surface area contributed by atoms with E-state index in [-0.39, 0.29) is 0 Å². The third kappa shape index (κ3) is 2.57. The largest absolute Gasteiger partial charge is 0.262 e. The molecule has 0 unspecified atom stereocenters. The number of rotatable bonds is 1. The van der Waals surface area contributed by atoms with Crippen LogP contribution in [0, 0.1) is 5.41 Å². The van der Waals surface area contributed by atoms with Crippen LogP contribution in [0.5, 0.6) is 0 Å². The Morgan fingerprint density at radius 3 is 2.57 bits per heavy atom. The van der Waals surface area contributed by atoms with E-state index in [0.29, 0.717) is 5.41 Å². The van der Waals surface area contributed by atoms with E-state index in [9.17, 15) is 0 Å². The van der Waals surface area contributed by atoms with Crippen molar-refractivity contribution in [3.8, 4) is 0 Å². The third-order valence-electron chi connectivity index (χ3n) is 2.89. The summed E-state index contributed by atoms with van der Waals surface area (Å²) in [5.74, 6) is 0. The maximum atomic E-state index is 4.37. The van der Waals surface area contributed by atoms with Gasteiger partial charge in [-0.25, -0.2) is 0 Å². The Bertz CT molecular complexity index is 288. The topological polar surface area (TPSA) is 12.4 Å². The summed E-state index contributed by atoms with van der Waals surface area (Å²) in [5.41, 5.74) is 4.53. The summed E-state index contributed by atoms with van der Waals surface area (Å²) in [6.07, 6.45) is 5.15. The van der Waals surface area contributed by atoms with Crippen LogP contribution in [0.3, 0.4) is 0 Å². The smallest absolute Gasteiger partial charge is 0.0435 e. The second-order valence-electron chi connectivity index (χ2n) is 5.08. The van der Waals surface area contributed by atoms with Crippen LogP contribution < -0.4 is 0 Å². The van der Waals surface area contributed by atoms with Gasteiger partial charge in [0.25, 0.3) is 0 Å². The van der Waals surface area contributed by atoms with Crippen molar-refractivity contribution in [3.05, 3.63) is 23.9 Å². The third-order valence-corrected chi connectivity index (χ3v) is 2.89. The molecule has 0 spiro atoms. The molecule has 14 heavy (non-hydrogen) atoms. The van der Waals surface area contributed by atoms with Crippen LogP contribution in [0.25, 0.3) is 0 Å². The van der Waals surface area contributed by atoms with Crippen LogP contribution in [0.1, 0.15) is 47.0 Å². The van der Waals surface area contributed by atoms with Gasteiger partial charge in [-0.05, 0) is 44.1 Å². The van der Waals surface area contributed by atoms with Gasteiger partial charge in [-0.15, -0.1) is 0 Å². The summed E-state index contributed by atoms with van der Waals surface area (Å²) in [6, 6.07) is 0. The zero-order valence-electron chi connectivity index (χ0n) is 9.85. The van der Waals surface area contributed by atoms with E-state index in [0.717, 1.165) is 12.8 Å². The van der Waals surface area contributed by atoms with Gasteiger partial charge < -0.3 is 0 Å². The molecule has 0 saturated heterocycles. The first-order valence-corrected chi connectivity index (χ1v) is 5.30. The van der Waals surface area contributed by atoms with E-state index in [1.807, 2.05) is 0 Å². The molecule has 0 radical (unpaired) electrons. The molecule has 0 heterocycles. The molecule has 1 aliphatic rings. The van der Waals surface area contributed by atoms with E-state index in [2.05, 4.69) is 39.3 Å². The quantitative estimate of drug-likeness (QED) is 0.591. The molecule has 1 heteroatoms. The van der Waals surface area contributed by atoms with Crippen molar-refractivity contribution >= 4 is 5.71 Å². The maximum Gasteiger partial charge on any atom is 0.0435 e. The first-order valence-electron chi connectivity index (χ1n) is 5.30. The van der Waals surface area contributed by atoms with Gasteiger partial charge in [0.05, 0.1) is 0 Å². The molecule has 1 nitrogen and oxygen atoms in total. The van der Waals surface area contributed by atoms with Crippen molar-refractivity contribution < 1.29 is 0 Å². The van der Waals surface area contributed by atoms with E-state index in [1.165, 1.54) is 23.3 Å². The maximum absolute atomic E-state index is 4.37. The summed E-state index contributed by atoms with van der Waals surface area (Å²) in [4.78, 5) is 4.37. The molecule has 1 saturated carbocycles. The minimum atomic E-state index is 0.437. The Hall–Kier alpha value is -0.850. The monoisotopic (exact) mass is 191 g/mol. The van der Waals surface area contributed by atoms with E-state index >= 15 is 0 Å². The Labute approximate surface area is 87.6 Å². The molecular formula is C13H21N. The molecule has 1 fully saturated rings. The highest BCUT2D eigenvalue weighted by Gasteiger charge is 2.28. The van der Waals surface area contributed by atoms with Crippen LogP contribution in [0.2, 0.25) is 0 Å². The molecule has 0 aromatic carbocycles. The number of allylic oxidation sites excluding steroid dienone is 2. The van der Waals surface area contributed by atoms with Crippen molar-refractivity contribution in [2.24, 2.45) is 10.4 Å². The molecule has 1 rings (SSSR count). The van der Waals surface area contributed by atoms with Crippen molar-refractivity contribution in [3.63, 3.8) is 0 Å². The lowest BCUT2D eigenvalue weighted by molar-refractivity contribution is 0.329. The Morgan fingerprint density at radius 1 is 1.43 bits per heavy atom. The average molecular weight is 191 g/mol. The molecule has 78 valence electrons. The second kappa shape index (κ2) is 4.12. The Morgan fingerprint density at radius 2 is 2.07 bits per heavy atom. The van der Waals surface area contributed by atoms with Crippen molar-refractivity contribution in [2.75, 3.05) is 0 Å². The van der Waals surface area contributed by atoms with Gasteiger partial charge in [-0.1, -0.05) is 26.0 Å². The molecule has 0 aromatic heterocycles. The summed E-state index contributed by atoms with van der Waals surface area (Å²) >= 11 is 0. The van der Waals surface area contributed by atoms with Crippen LogP contribution >= 0.6 is 0 Å². The van der Waals surface area contributed by atoms with Gasteiger partial charge in [0, 0.05) is 11.9 Å². The zero-order valence-corrected chi connectivity index (χ0v) is 9.85. The molecule has 0 aliphatic heterocycles. The van der Waals surface area contributed by atoms with Gasteiger partial charge in [0.1, 0.15) is 0 Å². The first kappa shape index (κ1) is 11.2. The minimum Gasteiger partial charge on any atom is -0.262 e. The fourth-order valence-corrected chi connectivity index (χ4v) is 1.99. The zero-order chi connectivity index (χ0) is 10.8. The van der Waals surface area contributed by atoms with Gasteiger partial charge in [-0.3, -0.25) is 4.99 Å². The lowest BCUT2D eigenvalue weighted by atomic mass is 9.73.